The number of aryl methyl sites for hydroxylation is 2. The molecule has 0 amide bonds. The molecular weight excluding hydrogens is 516 g/mol. The van der Waals surface area contributed by atoms with E-state index >= 15 is 8.78 Å². The zero-order valence-electron chi connectivity index (χ0n) is 24.1. The Morgan fingerprint density at radius 1 is 1.13 bits per heavy atom. The van der Waals surface area contributed by atoms with Crippen LogP contribution in [0.5, 0.6) is 0 Å². The lowest BCUT2D eigenvalue weighted by Gasteiger charge is -2.48. The summed E-state index contributed by atoms with van der Waals surface area (Å²) in [5.74, 6) is -2.48. The molecule has 14 heteroatoms. The molecule has 6 heterocycles. The first kappa shape index (κ1) is 21.9. The smallest absolute Gasteiger partial charge is 0.274 e. The molecule has 0 radical (unpaired) electrons. The van der Waals surface area contributed by atoms with E-state index in [1.807, 2.05) is 0 Å². The Morgan fingerprint density at radius 2 is 1.89 bits per heavy atom. The lowest BCUT2D eigenvalue weighted by molar-refractivity contribution is -0.149. The second kappa shape index (κ2) is 8.78. The van der Waals surface area contributed by atoms with E-state index in [1.165, 1.54) is 26.3 Å². The van der Waals surface area contributed by atoms with Crippen LogP contribution in [0, 0.1) is 12.3 Å². The number of piperidine rings is 1. The van der Waals surface area contributed by atoms with Crippen molar-refractivity contribution in [2.24, 2.45) is 12.5 Å². The Hall–Kier alpha value is -2.97. The predicted molar refractivity (Wildman–Crippen MR) is 138 cm³/mol. The molecule has 3 aliphatic rings. The van der Waals surface area contributed by atoms with Crippen molar-refractivity contribution in [3.63, 3.8) is 0 Å². The van der Waals surface area contributed by atoms with Gasteiger partial charge in [0.15, 0.2) is 5.82 Å². The van der Waals surface area contributed by atoms with Crippen LogP contribution in [0.3, 0.4) is 0 Å². The van der Waals surface area contributed by atoms with E-state index in [2.05, 4.69) is 25.4 Å². The average Bonchev–Trinajstić information content (AvgIpc) is 3.43. The number of alkyl halides is 2. The normalized spacial score (nSPS) is 23.8. The van der Waals surface area contributed by atoms with Gasteiger partial charge in [-0.1, -0.05) is 0 Å². The van der Waals surface area contributed by atoms with Crippen molar-refractivity contribution in [2.75, 3.05) is 56.5 Å². The summed E-state index contributed by atoms with van der Waals surface area (Å²) in [5, 5.41) is 7.88. The van der Waals surface area contributed by atoms with Crippen molar-refractivity contribution in [3.05, 3.63) is 30.4 Å². The van der Waals surface area contributed by atoms with Crippen LogP contribution in [0.15, 0.2) is 29.6 Å². The third-order valence-electron chi connectivity index (χ3n) is 7.73. The monoisotopic (exact) mass is 550 g/mol. The van der Waals surface area contributed by atoms with Gasteiger partial charge in [0.1, 0.15) is 10.4 Å². The van der Waals surface area contributed by atoms with Crippen molar-refractivity contribution >= 4 is 32.7 Å². The van der Waals surface area contributed by atoms with E-state index in [1.54, 1.807) is 26.2 Å². The number of likely N-dealkylation sites (tertiary alicyclic amines) is 1. The van der Waals surface area contributed by atoms with E-state index in [9.17, 15) is 8.42 Å². The molecule has 0 aromatic carbocycles. The molecule has 1 spiro atoms. The number of aromatic nitrogens is 5. The minimum Gasteiger partial charge on any atom is -0.351 e. The number of pyridine rings is 1. The van der Waals surface area contributed by atoms with Crippen LogP contribution in [-0.2, 0) is 17.1 Å². The van der Waals surface area contributed by atoms with Gasteiger partial charge in [0.05, 0.1) is 18.2 Å². The molecule has 204 valence electrons. The topological polar surface area (TPSA) is 112 Å². The number of anilines is 2. The standard InChI is InChI=1S/C24H31F2N9O2S/c1-16-8-17-9-27-22(30-18-4-6-35(7-5-18)38(36,37)19-10-28-33(3)11-19)31-20(17)21(29-16)34-14-23(12-32(2)13-23)24(25,26)15-34/h8-11,18H,4-7,12-15H2,1-3H3,(H,27,30,31)/i2D3. The SMILES string of the molecule is [2H]C([2H])([2H])N1CC2(CN(c3nc(C)cc4cnc(NC5CCN(S(=O)(=O)c6cnn(C)c6)CC5)nc34)CC2(F)F)C1. The van der Waals surface area contributed by atoms with Crippen LogP contribution in [0.4, 0.5) is 20.5 Å². The number of hydrogen-bond acceptors (Lipinski definition) is 9. The van der Waals surface area contributed by atoms with Crippen LogP contribution in [0.1, 0.15) is 22.6 Å². The average molecular weight is 551 g/mol. The third kappa shape index (κ3) is 4.18. The third-order valence-corrected chi connectivity index (χ3v) is 9.58. The highest BCUT2D eigenvalue weighted by Crippen LogP contribution is 2.50. The highest BCUT2D eigenvalue weighted by molar-refractivity contribution is 7.89. The van der Waals surface area contributed by atoms with Crippen molar-refractivity contribution < 1.29 is 21.3 Å². The lowest BCUT2D eigenvalue weighted by atomic mass is 9.76. The maximum absolute atomic E-state index is 15.3. The fourth-order valence-electron chi connectivity index (χ4n) is 5.66. The van der Waals surface area contributed by atoms with Gasteiger partial charge in [-0.3, -0.25) is 4.68 Å². The van der Waals surface area contributed by atoms with Crippen molar-refractivity contribution in [1.82, 2.24) is 33.9 Å². The van der Waals surface area contributed by atoms with Gasteiger partial charge >= 0.3 is 0 Å². The first-order chi connectivity index (χ1) is 19.2. The Kier molecular flexibility index (Phi) is 5.06. The molecule has 0 saturated carbocycles. The number of nitrogens with zero attached hydrogens (tertiary/aromatic N) is 8. The first-order valence-corrected chi connectivity index (χ1v) is 13.9. The molecule has 3 aliphatic heterocycles. The molecule has 3 saturated heterocycles. The molecule has 11 nitrogen and oxygen atoms in total. The molecule has 3 aromatic rings. The fourth-order valence-corrected chi connectivity index (χ4v) is 7.11. The van der Waals surface area contributed by atoms with E-state index in [0.717, 1.165) is 4.90 Å². The number of sulfonamides is 1. The lowest BCUT2D eigenvalue weighted by Crippen LogP contribution is -2.63. The van der Waals surface area contributed by atoms with Crippen LogP contribution in [0.25, 0.3) is 10.9 Å². The zero-order chi connectivity index (χ0) is 29.4. The van der Waals surface area contributed by atoms with Gasteiger partial charge < -0.3 is 15.1 Å². The van der Waals surface area contributed by atoms with Gasteiger partial charge in [0.25, 0.3) is 5.92 Å². The van der Waals surface area contributed by atoms with Crippen LogP contribution in [-0.4, -0.2) is 101 Å². The van der Waals surface area contributed by atoms with Crippen LogP contribution in [0.2, 0.25) is 0 Å². The van der Waals surface area contributed by atoms with Gasteiger partial charge in [-0.2, -0.15) is 9.40 Å². The highest BCUT2D eigenvalue weighted by Gasteiger charge is 2.65. The van der Waals surface area contributed by atoms with Gasteiger partial charge in [0.2, 0.25) is 16.0 Å². The summed E-state index contributed by atoms with van der Waals surface area (Å²) < 4.78 is 81.9. The highest BCUT2D eigenvalue weighted by atomic mass is 32.2. The molecule has 3 aromatic heterocycles. The summed E-state index contributed by atoms with van der Waals surface area (Å²) in [6.45, 7) is -1.05. The molecule has 38 heavy (non-hydrogen) atoms. The summed E-state index contributed by atoms with van der Waals surface area (Å²) >= 11 is 0. The molecule has 0 bridgehead atoms. The number of rotatable bonds is 5. The minimum absolute atomic E-state index is 0.0330. The summed E-state index contributed by atoms with van der Waals surface area (Å²) in [7, 11) is -1.97. The summed E-state index contributed by atoms with van der Waals surface area (Å²) in [6, 6.07) is 1.70. The van der Waals surface area contributed by atoms with Gasteiger partial charge in [-0.15, -0.1) is 0 Å². The minimum atomic E-state index is -3.63. The molecule has 0 atom stereocenters. The van der Waals surface area contributed by atoms with Gasteiger partial charge in [-0.05, 0) is 32.8 Å². The molecule has 0 aliphatic carbocycles. The molecule has 3 fully saturated rings. The van der Waals surface area contributed by atoms with Gasteiger partial charge in [-0.25, -0.2) is 32.2 Å². The molecular formula is C24H31F2N9O2S. The fraction of sp³-hybridized carbons (Fsp3) is 0.583. The van der Waals surface area contributed by atoms with E-state index in [-0.39, 0.29) is 30.6 Å². The summed E-state index contributed by atoms with van der Waals surface area (Å²) in [5.41, 5.74) is -0.414. The maximum Gasteiger partial charge on any atom is 0.274 e. The maximum atomic E-state index is 15.3. The van der Waals surface area contributed by atoms with Crippen molar-refractivity contribution in [2.45, 2.75) is 36.6 Å². The van der Waals surface area contributed by atoms with Crippen LogP contribution >= 0.6 is 0 Å². The van der Waals surface area contributed by atoms with E-state index < -0.39 is 34.9 Å². The Bertz CT molecular complexity index is 1590. The van der Waals surface area contributed by atoms with E-state index in [0.29, 0.717) is 54.3 Å². The molecule has 1 N–H and O–H groups in total. The number of nitrogens with one attached hydrogen (secondary N) is 1. The predicted octanol–water partition coefficient (Wildman–Crippen LogP) is 1.72. The molecule has 0 unspecified atom stereocenters. The zero-order valence-corrected chi connectivity index (χ0v) is 21.9. The summed E-state index contributed by atoms with van der Waals surface area (Å²) in [4.78, 5) is 16.4. The molecule has 6 rings (SSSR count). The Balaban J connectivity index is 1.19. The summed E-state index contributed by atoms with van der Waals surface area (Å²) in [6.07, 6.45) is 5.49. The quantitative estimate of drug-likeness (QED) is 0.507. The van der Waals surface area contributed by atoms with Crippen molar-refractivity contribution in [1.29, 1.82) is 0 Å². The van der Waals surface area contributed by atoms with Crippen LogP contribution < -0.4 is 10.2 Å². The first-order valence-electron chi connectivity index (χ1n) is 13.9. The number of hydrogen-bond donors (Lipinski definition) is 1. The second-order valence-electron chi connectivity index (χ2n) is 10.6. The van der Waals surface area contributed by atoms with E-state index in [4.69, 9.17) is 4.11 Å². The number of halogens is 2. The Labute approximate surface area is 224 Å². The Morgan fingerprint density at radius 3 is 2.58 bits per heavy atom. The van der Waals surface area contributed by atoms with Crippen molar-refractivity contribution in [3.8, 4) is 0 Å². The number of fused-ring (bicyclic) bond motifs is 1. The second-order valence-corrected chi connectivity index (χ2v) is 12.5. The largest absolute Gasteiger partial charge is 0.351 e. The van der Waals surface area contributed by atoms with Gasteiger partial charge in [0, 0.05) is 73.4 Å².